The number of piperazine rings is 1. The van der Waals surface area contributed by atoms with Crippen LogP contribution in [0.25, 0.3) is 10.9 Å². The van der Waals surface area contributed by atoms with Gasteiger partial charge in [0.05, 0.1) is 5.52 Å². The van der Waals surface area contributed by atoms with Crippen LogP contribution < -0.4 is 15.2 Å². The van der Waals surface area contributed by atoms with Gasteiger partial charge in [-0.15, -0.1) is 0 Å². The Labute approximate surface area is 158 Å². The molecule has 140 valence electrons. The third-order valence-corrected chi connectivity index (χ3v) is 5.47. The first-order chi connectivity index (χ1) is 13.1. The van der Waals surface area contributed by atoms with Crippen molar-refractivity contribution in [1.29, 1.82) is 0 Å². The smallest absolute Gasteiger partial charge is 0.225 e. The average Bonchev–Trinajstić information content (AvgIpc) is 2.71. The van der Waals surface area contributed by atoms with E-state index in [2.05, 4.69) is 44.7 Å². The van der Waals surface area contributed by atoms with E-state index in [4.69, 9.17) is 0 Å². The first kappa shape index (κ1) is 17.5. The Kier molecular flexibility index (Phi) is 4.56. The van der Waals surface area contributed by atoms with Gasteiger partial charge >= 0.3 is 0 Å². The van der Waals surface area contributed by atoms with Crippen LogP contribution >= 0.6 is 0 Å². The molecule has 0 spiro atoms. The molecule has 0 amide bonds. The van der Waals surface area contributed by atoms with Gasteiger partial charge in [0.15, 0.2) is 5.43 Å². The van der Waals surface area contributed by atoms with Gasteiger partial charge in [0.25, 0.3) is 0 Å². The Balaban J connectivity index is 1.63. The molecule has 0 aliphatic carbocycles. The van der Waals surface area contributed by atoms with E-state index >= 15 is 0 Å². The van der Waals surface area contributed by atoms with Gasteiger partial charge < -0.3 is 14.8 Å². The van der Waals surface area contributed by atoms with E-state index < -0.39 is 0 Å². The lowest BCUT2D eigenvalue weighted by Gasteiger charge is -2.36. The number of rotatable bonds is 3. The molecule has 0 unspecified atom stereocenters. The number of nitrogens with zero attached hydrogens (tertiary/aromatic N) is 4. The van der Waals surface area contributed by atoms with Gasteiger partial charge in [-0.05, 0) is 44.0 Å². The van der Waals surface area contributed by atoms with Crippen molar-refractivity contribution in [3.63, 3.8) is 0 Å². The van der Waals surface area contributed by atoms with E-state index in [0.717, 1.165) is 72.0 Å². The number of fused-ring (bicyclic) bond motifs is 1. The Bertz CT molecular complexity index is 1020. The molecule has 1 saturated heterocycles. The fourth-order valence-corrected chi connectivity index (χ4v) is 3.85. The summed E-state index contributed by atoms with van der Waals surface area (Å²) in [7, 11) is 0. The molecule has 0 bridgehead atoms. The van der Waals surface area contributed by atoms with Gasteiger partial charge in [-0.3, -0.25) is 4.79 Å². The van der Waals surface area contributed by atoms with Gasteiger partial charge in [0.1, 0.15) is 0 Å². The largest absolute Gasteiger partial charge is 0.368 e. The number of pyridine rings is 1. The fourth-order valence-electron chi connectivity index (χ4n) is 3.85. The summed E-state index contributed by atoms with van der Waals surface area (Å²) >= 11 is 0. The minimum atomic E-state index is 0.141. The standard InChI is InChI=1S/C21H25N5O/c1-4-18-15(3)20(27)17-13-16(12-14(2)19(17)24-18)25-8-10-26(11-9-25)21-22-6-5-7-23-21/h5-7,12-13H,4,8-11H2,1-3H3,(H,24,27). The molecule has 2 aromatic heterocycles. The third kappa shape index (κ3) is 3.16. The van der Waals surface area contributed by atoms with Crippen LogP contribution in [0.5, 0.6) is 0 Å². The lowest BCUT2D eigenvalue weighted by atomic mass is 10.0. The highest BCUT2D eigenvalue weighted by Crippen LogP contribution is 2.25. The van der Waals surface area contributed by atoms with Crippen LogP contribution in [-0.2, 0) is 6.42 Å². The number of anilines is 2. The van der Waals surface area contributed by atoms with Gasteiger partial charge in [-0.25, -0.2) is 9.97 Å². The van der Waals surface area contributed by atoms with Crippen LogP contribution in [0.2, 0.25) is 0 Å². The van der Waals surface area contributed by atoms with E-state index in [0.29, 0.717) is 0 Å². The molecule has 1 aliphatic heterocycles. The molecule has 6 heteroatoms. The summed E-state index contributed by atoms with van der Waals surface area (Å²) in [5.74, 6) is 0.783. The maximum atomic E-state index is 12.9. The molecule has 27 heavy (non-hydrogen) atoms. The van der Waals surface area contributed by atoms with Gasteiger partial charge in [-0.1, -0.05) is 6.92 Å². The molecule has 0 atom stereocenters. The molecule has 1 N–H and O–H groups in total. The number of aryl methyl sites for hydroxylation is 2. The quantitative estimate of drug-likeness (QED) is 0.775. The summed E-state index contributed by atoms with van der Waals surface area (Å²) in [5, 5.41) is 0.786. The highest BCUT2D eigenvalue weighted by atomic mass is 16.1. The van der Waals surface area contributed by atoms with E-state index in [9.17, 15) is 4.79 Å². The van der Waals surface area contributed by atoms with Crippen LogP contribution in [0.1, 0.15) is 23.7 Å². The Morgan fingerprint density at radius 1 is 1.04 bits per heavy atom. The highest BCUT2D eigenvalue weighted by Gasteiger charge is 2.20. The van der Waals surface area contributed by atoms with E-state index in [-0.39, 0.29) is 5.43 Å². The summed E-state index contributed by atoms with van der Waals surface area (Å²) in [6, 6.07) is 6.06. The number of H-pyrrole nitrogens is 1. The van der Waals surface area contributed by atoms with Crippen molar-refractivity contribution < 1.29 is 0 Å². The second kappa shape index (κ2) is 7.02. The topological polar surface area (TPSA) is 65.1 Å². The Hall–Kier alpha value is -2.89. The van der Waals surface area contributed by atoms with Crippen molar-refractivity contribution in [2.45, 2.75) is 27.2 Å². The lowest BCUT2D eigenvalue weighted by Crippen LogP contribution is -2.47. The maximum Gasteiger partial charge on any atom is 0.225 e. The zero-order chi connectivity index (χ0) is 19.0. The number of hydrogen-bond acceptors (Lipinski definition) is 5. The Morgan fingerprint density at radius 3 is 2.37 bits per heavy atom. The van der Waals surface area contributed by atoms with Crippen LogP contribution in [0.4, 0.5) is 11.6 Å². The van der Waals surface area contributed by atoms with Crippen molar-refractivity contribution in [2.24, 2.45) is 0 Å². The number of aromatic nitrogens is 3. The zero-order valence-corrected chi connectivity index (χ0v) is 16.1. The molecule has 3 heterocycles. The van der Waals surface area contributed by atoms with Crippen molar-refractivity contribution in [3.05, 3.63) is 57.6 Å². The van der Waals surface area contributed by atoms with E-state index in [1.165, 1.54) is 0 Å². The van der Waals surface area contributed by atoms with Crippen LogP contribution in [0.15, 0.2) is 35.4 Å². The molecule has 3 aromatic rings. The van der Waals surface area contributed by atoms with Crippen molar-refractivity contribution in [2.75, 3.05) is 36.0 Å². The summed E-state index contributed by atoms with van der Waals surface area (Å²) in [5.41, 5.74) is 5.18. The molecule has 1 fully saturated rings. The fraction of sp³-hybridized carbons (Fsp3) is 0.381. The molecule has 0 radical (unpaired) electrons. The molecule has 1 aliphatic rings. The number of aromatic amines is 1. The molecule has 0 saturated carbocycles. The average molecular weight is 363 g/mol. The summed E-state index contributed by atoms with van der Waals surface area (Å²) in [6.45, 7) is 9.56. The molecule has 4 rings (SSSR count). The van der Waals surface area contributed by atoms with E-state index in [1.807, 2.05) is 19.1 Å². The first-order valence-corrected chi connectivity index (χ1v) is 9.51. The number of hydrogen-bond donors (Lipinski definition) is 1. The molecular formula is C21H25N5O. The predicted molar refractivity (Wildman–Crippen MR) is 110 cm³/mol. The van der Waals surface area contributed by atoms with Gasteiger partial charge in [-0.2, -0.15) is 0 Å². The first-order valence-electron chi connectivity index (χ1n) is 9.51. The molecular weight excluding hydrogens is 338 g/mol. The minimum Gasteiger partial charge on any atom is -0.368 e. The van der Waals surface area contributed by atoms with Gasteiger partial charge in [0, 0.05) is 60.9 Å². The Morgan fingerprint density at radius 2 is 1.70 bits per heavy atom. The minimum absolute atomic E-state index is 0.141. The summed E-state index contributed by atoms with van der Waals surface area (Å²) in [6.07, 6.45) is 4.39. The van der Waals surface area contributed by atoms with E-state index in [1.54, 1.807) is 12.4 Å². The second-order valence-corrected chi connectivity index (χ2v) is 7.12. The number of benzene rings is 1. The number of nitrogens with one attached hydrogen (secondary N) is 1. The van der Waals surface area contributed by atoms with Crippen LogP contribution in [-0.4, -0.2) is 41.1 Å². The van der Waals surface area contributed by atoms with Crippen molar-refractivity contribution in [1.82, 2.24) is 15.0 Å². The zero-order valence-electron chi connectivity index (χ0n) is 16.1. The predicted octanol–water partition coefficient (Wildman–Crippen LogP) is 2.82. The maximum absolute atomic E-state index is 12.9. The highest BCUT2D eigenvalue weighted by molar-refractivity contribution is 5.86. The normalized spacial score (nSPS) is 14.8. The van der Waals surface area contributed by atoms with Crippen molar-refractivity contribution >= 4 is 22.5 Å². The summed E-state index contributed by atoms with van der Waals surface area (Å²) < 4.78 is 0. The second-order valence-electron chi connectivity index (χ2n) is 7.12. The van der Waals surface area contributed by atoms with Crippen LogP contribution in [0.3, 0.4) is 0 Å². The van der Waals surface area contributed by atoms with Crippen LogP contribution in [0, 0.1) is 13.8 Å². The summed E-state index contributed by atoms with van der Waals surface area (Å²) in [4.78, 5) is 29.6. The third-order valence-electron chi connectivity index (χ3n) is 5.47. The monoisotopic (exact) mass is 363 g/mol. The van der Waals surface area contributed by atoms with Crippen molar-refractivity contribution in [3.8, 4) is 0 Å². The molecule has 6 nitrogen and oxygen atoms in total. The van der Waals surface area contributed by atoms with Gasteiger partial charge in [0.2, 0.25) is 5.95 Å². The molecule has 1 aromatic carbocycles. The lowest BCUT2D eigenvalue weighted by molar-refractivity contribution is 0.640. The SMILES string of the molecule is CCc1[nH]c2c(C)cc(N3CCN(c4ncccn4)CC3)cc2c(=O)c1C.